The monoisotopic (exact) mass is 131 g/mol. The molecule has 0 aromatic rings. The Kier molecular flexibility index (Phi) is 5.93. The quantitative estimate of drug-likeness (QED) is 0.431. The van der Waals surface area contributed by atoms with E-state index < -0.39 is 0 Å². The van der Waals surface area contributed by atoms with Crippen LogP contribution in [0.4, 0.5) is 0 Å². The van der Waals surface area contributed by atoms with Crippen molar-refractivity contribution in [1.82, 2.24) is 5.32 Å². The zero-order chi connectivity index (χ0) is 7.11. The van der Waals surface area contributed by atoms with Gasteiger partial charge in [-0.3, -0.25) is 0 Å². The van der Waals surface area contributed by atoms with E-state index in [1.807, 2.05) is 0 Å². The highest BCUT2D eigenvalue weighted by atomic mass is 14.8. The summed E-state index contributed by atoms with van der Waals surface area (Å²) in [5, 5.41) is 3.18. The molecule has 56 valence electrons. The predicted molar refractivity (Wildman–Crippen MR) is 40.2 cm³/mol. The van der Waals surface area contributed by atoms with Gasteiger partial charge < -0.3 is 16.8 Å². The first-order valence-corrected chi connectivity index (χ1v) is 3.47. The number of hydrogen-bond acceptors (Lipinski definition) is 3. The maximum Gasteiger partial charge on any atom is 0.0175 e. The normalized spacial score (nSPS) is 13.7. The molecule has 0 aromatic heterocycles. The van der Waals surface area contributed by atoms with E-state index in [0.29, 0.717) is 6.54 Å². The molecule has 0 aliphatic heterocycles. The molecule has 0 radical (unpaired) electrons. The molecule has 5 N–H and O–H groups in total. The van der Waals surface area contributed by atoms with Gasteiger partial charge in [0.2, 0.25) is 0 Å². The Bertz CT molecular complexity index is 56.3. The van der Waals surface area contributed by atoms with E-state index in [9.17, 15) is 0 Å². The van der Waals surface area contributed by atoms with Crippen LogP contribution in [0, 0.1) is 0 Å². The lowest BCUT2D eigenvalue weighted by molar-refractivity contribution is 0.577. The second-order valence-electron chi connectivity index (χ2n) is 2.14. The average molecular weight is 131 g/mol. The fourth-order valence-electron chi connectivity index (χ4n) is 0.582. The predicted octanol–water partition coefficient (Wildman–Crippen LogP) is -0.728. The number of rotatable bonds is 5. The smallest absolute Gasteiger partial charge is 0.0175 e. The van der Waals surface area contributed by atoms with Crippen molar-refractivity contribution < 1.29 is 0 Å². The van der Waals surface area contributed by atoms with Gasteiger partial charge in [0.25, 0.3) is 0 Å². The van der Waals surface area contributed by atoms with Crippen molar-refractivity contribution in [1.29, 1.82) is 0 Å². The second kappa shape index (κ2) is 6.01. The molecular formula is C6H17N3. The number of nitrogens with one attached hydrogen (secondary N) is 1. The molecule has 3 nitrogen and oxygen atoms in total. The van der Waals surface area contributed by atoms with Crippen molar-refractivity contribution in [2.24, 2.45) is 11.5 Å². The molecule has 0 rings (SSSR count). The molecule has 0 saturated carbocycles. The maximum absolute atomic E-state index is 5.55. The minimum absolute atomic E-state index is 0.170. The maximum atomic E-state index is 5.55. The standard InChI is InChI=1S/C6H17N3/c1-2-9-4-3-6(8)5-7/h6,9H,2-5,7-8H2,1H3. The van der Waals surface area contributed by atoms with Crippen LogP contribution in [0.3, 0.4) is 0 Å². The Morgan fingerprint density at radius 3 is 2.67 bits per heavy atom. The minimum atomic E-state index is 0.170. The largest absolute Gasteiger partial charge is 0.329 e. The molecule has 0 heterocycles. The summed E-state index contributed by atoms with van der Waals surface area (Å²) in [6.07, 6.45) is 0.977. The fourth-order valence-corrected chi connectivity index (χ4v) is 0.582. The fraction of sp³-hybridized carbons (Fsp3) is 1.00. The molecule has 9 heavy (non-hydrogen) atoms. The third-order valence-electron chi connectivity index (χ3n) is 1.24. The summed E-state index contributed by atoms with van der Waals surface area (Å²) < 4.78 is 0. The van der Waals surface area contributed by atoms with E-state index in [1.165, 1.54) is 0 Å². The van der Waals surface area contributed by atoms with Gasteiger partial charge in [-0.15, -0.1) is 0 Å². The van der Waals surface area contributed by atoms with Crippen LogP contribution in [-0.2, 0) is 0 Å². The lowest BCUT2D eigenvalue weighted by atomic mass is 10.2. The van der Waals surface area contributed by atoms with Gasteiger partial charge in [0.1, 0.15) is 0 Å². The lowest BCUT2D eigenvalue weighted by Crippen LogP contribution is -2.33. The molecule has 0 spiro atoms. The summed E-state index contributed by atoms with van der Waals surface area (Å²) in [6.45, 7) is 4.66. The van der Waals surface area contributed by atoms with Crippen molar-refractivity contribution in [2.75, 3.05) is 19.6 Å². The summed E-state index contributed by atoms with van der Waals surface area (Å²) in [7, 11) is 0. The summed E-state index contributed by atoms with van der Waals surface area (Å²) in [6, 6.07) is 0.170. The van der Waals surface area contributed by atoms with Crippen molar-refractivity contribution in [3.05, 3.63) is 0 Å². The molecule has 0 aliphatic rings. The average Bonchev–Trinajstić information content (AvgIpc) is 1.89. The number of hydrogen-bond donors (Lipinski definition) is 3. The van der Waals surface area contributed by atoms with Gasteiger partial charge in [-0.05, 0) is 19.5 Å². The van der Waals surface area contributed by atoms with Gasteiger partial charge in [0.15, 0.2) is 0 Å². The Morgan fingerprint density at radius 1 is 1.56 bits per heavy atom. The molecule has 1 unspecified atom stereocenters. The van der Waals surface area contributed by atoms with E-state index in [0.717, 1.165) is 19.5 Å². The Hall–Kier alpha value is -0.120. The molecule has 1 atom stereocenters. The van der Waals surface area contributed by atoms with E-state index in [4.69, 9.17) is 11.5 Å². The van der Waals surface area contributed by atoms with Gasteiger partial charge >= 0.3 is 0 Å². The van der Waals surface area contributed by atoms with Crippen LogP contribution >= 0.6 is 0 Å². The van der Waals surface area contributed by atoms with Crippen molar-refractivity contribution in [3.63, 3.8) is 0 Å². The third-order valence-corrected chi connectivity index (χ3v) is 1.24. The minimum Gasteiger partial charge on any atom is -0.329 e. The van der Waals surface area contributed by atoms with Crippen LogP contribution in [0.1, 0.15) is 13.3 Å². The number of nitrogens with two attached hydrogens (primary N) is 2. The highest BCUT2D eigenvalue weighted by Crippen LogP contribution is 1.80. The van der Waals surface area contributed by atoms with Crippen LogP contribution in [0.2, 0.25) is 0 Å². The van der Waals surface area contributed by atoms with E-state index in [-0.39, 0.29) is 6.04 Å². The highest BCUT2D eigenvalue weighted by Gasteiger charge is 1.95. The molecule has 0 aromatic carbocycles. The third kappa shape index (κ3) is 5.76. The summed E-state index contributed by atoms with van der Waals surface area (Å²) in [4.78, 5) is 0. The topological polar surface area (TPSA) is 64.1 Å². The lowest BCUT2D eigenvalue weighted by Gasteiger charge is -2.07. The molecule has 0 amide bonds. The van der Waals surface area contributed by atoms with Crippen molar-refractivity contribution in [3.8, 4) is 0 Å². The van der Waals surface area contributed by atoms with Gasteiger partial charge in [-0.2, -0.15) is 0 Å². The first-order valence-electron chi connectivity index (χ1n) is 3.47. The van der Waals surface area contributed by atoms with Crippen LogP contribution in [0.5, 0.6) is 0 Å². The van der Waals surface area contributed by atoms with Crippen LogP contribution in [0.15, 0.2) is 0 Å². The van der Waals surface area contributed by atoms with Crippen LogP contribution in [0.25, 0.3) is 0 Å². The first kappa shape index (κ1) is 8.88. The first-order chi connectivity index (χ1) is 4.31. The summed E-state index contributed by atoms with van der Waals surface area (Å²) in [5.41, 5.74) is 10.9. The molecule has 0 fully saturated rings. The van der Waals surface area contributed by atoms with Gasteiger partial charge in [0.05, 0.1) is 0 Å². The molecule has 3 heteroatoms. The SMILES string of the molecule is CCNCCC(N)CN. The van der Waals surface area contributed by atoms with E-state index in [1.54, 1.807) is 0 Å². The van der Waals surface area contributed by atoms with Gasteiger partial charge in [-0.1, -0.05) is 6.92 Å². The molecule has 0 bridgehead atoms. The Labute approximate surface area is 56.8 Å². The zero-order valence-corrected chi connectivity index (χ0v) is 6.06. The van der Waals surface area contributed by atoms with Crippen LogP contribution in [-0.4, -0.2) is 25.7 Å². The van der Waals surface area contributed by atoms with Crippen molar-refractivity contribution >= 4 is 0 Å². The van der Waals surface area contributed by atoms with E-state index >= 15 is 0 Å². The highest BCUT2D eigenvalue weighted by molar-refractivity contribution is 4.61. The van der Waals surface area contributed by atoms with Crippen molar-refractivity contribution in [2.45, 2.75) is 19.4 Å². The summed E-state index contributed by atoms with van der Waals surface area (Å²) in [5.74, 6) is 0. The van der Waals surface area contributed by atoms with Gasteiger partial charge in [0, 0.05) is 12.6 Å². The second-order valence-corrected chi connectivity index (χ2v) is 2.14. The molecule has 0 aliphatic carbocycles. The molecular weight excluding hydrogens is 114 g/mol. The summed E-state index contributed by atoms with van der Waals surface area (Å²) >= 11 is 0. The Morgan fingerprint density at radius 2 is 2.22 bits per heavy atom. The van der Waals surface area contributed by atoms with Gasteiger partial charge in [-0.25, -0.2) is 0 Å². The van der Waals surface area contributed by atoms with Crippen LogP contribution < -0.4 is 16.8 Å². The van der Waals surface area contributed by atoms with E-state index in [2.05, 4.69) is 12.2 Å². The Balaban J connectivity index is 2.88. The zero-order valence-electron chi connectivity index (χ0n) is 6.06. The molecule has 0 saturated heterocycles.